The van der Waals surface area contributed by atoms with Gasteiger partial charge in [-0.05, 0) is 30.4 Å². The molecule has 0 aromatic heterocycles. The van der Waals surface area contributed by atoms with Crippen LogP contribution in [0.15, 0.2) is 41.3 Å². The summed E-state index contributed by atoms with van der Waals surface area (Å²) in [6.45, 7) is 0.703. The fraction of sp³-hybridized carbons (Fsp3) is 0.444. The van der Waals surface area contributed by atoms with Gasteiger partial charge in [0.15, 0.2) is 0 Å². The number of hydrogen-bond acceptors (Lipinski definition) is 5. The van der Waals surface area contributed by atoms with Crippen LogP contribution in [0.2, 0.25) is 0 Å². The van der Waals surface area contributed by atoms with Gasteiger partial charge in [0.2, 0.25) is 0 Å². The third kappa shape index (κ3) is 4.10. The highest BCUT2D eigenvalue weighted by Crippen LogP contribution is 2.65. The van der Waals surface area contributed by atoms with E-state index in [0.717, 1.165) is 0 Å². The lowest BCUT2D eigenvalue weighted by Crippen LogP contribution is -2.27. The summed E-state index contributed by atoms with van der Waals surface area (Å²) in [7, 11) is -6.78. The highest BCUT2D eigenvalue weighted by atomic mass is 32.3. The number of halogens is 3. The van der Waals surface area contributed by atoms with Gasteiger partial charge in [0.1, 0.15) is 12.4 Å². The molecule has 1 fully saturated rings. The first kappa shape index (κ1) is 21.2. The Kier molecular flexibility index (Phi) is 6.14. The first-order chi connectivity index (χ1) is 13.2. The molecular weight excluding hydrogens is 417 g/mol. The Morgan fingerprint density at radius 2 is 1.64 bits per heavy atom. The lowest BCUT2D eigenvalue weighted by Gasteiger charge is -2.35. The van der Waals surface area contributed by atoms with E-state index in [9.17, 15) is 21.6 Å². The zero-order valence-electron chi connectivity index (χ0n) is 15.2. The van der Waals surface area contributed by atoms with E-state index < -0.39 is 25.9 Å². The smallest absolute Gasteiger partial charge is 0.491 e. The largest absolute Gasteiger partial charge is 0.523 e. The van der Waals surface area contributed by atoms with Crippen LogP contribution in [-0.2, 0) is 18.5 Å². The number of ether oxygens (including phenoxy) is 2. The molecule has 0 N–H and O–H groups in total. The average Bonchev–Trinajstić information content (AvgIpc) is 3.09. The minimum Gasteiger partial charge on any atom is -0.491 e. The van der Waals surface area contributed by atoms with Gasteiger partial charge < -0.3 is 9.47 Å². The van der Waals surface area contributed by atoms with Crippen molar-refractivity contribution in [2.24, 2.45) is 0 Å². The van der Waals surface area contributed by atoms with E-state index in [4.69, 9.17) is 13.1 Å². The standard InChI is InChI=1S/C18H21F3O5S2/c1-24-10-11-25-16-8-9-17(15-7-3-2-6-14(15)16)27(12-4-5-13-27)26-28(22,23)18(19,20)21/h2-3,6-9H,4-5,10-13H2,1H3. The van der Waals surface area contributed by atoms with Crippen LogP contribution >= 0.6 is 10.3 Å². The topological polar surface area (TPSA) is 61.8 Å². The van der Waals surface area contributed by atoms with Gasteiger partial charge in [-0.25, -0.2) is 3.63 Å². The molecule has 0 saturated carbocycles. The molecule has 0 bridgehead atoms. The van der Waals surface area contributed by atoms with Crippen molar-refractivity contribution < 1.29 is 34.7 Å². The molecule has 1 aliphatic heterocycles. The summed E-state index contributed by atoms with van der Waals surface area (Å²) in [5.74, 6) is 1.11. The molecule has 3 rings (SSSR count). The van der Waals surface area contributed by atoms with E-state index in [-0.39, 0.29) is 11.5 Å². The van der Waals surface area contributed by atoms with Crippen molar-refractivity contribution in [3.63, 3.8) is 0 Å². The van der Waals surface area contributed by atoms with Crippen LogP contribution in [0.5, 0.6) is 5.75 Å². The van der Waals surface area contributed by atoms with Gasteiger partial charge in [0.05, 0.1) is 6.61 Å². The summed E-state index contributed by atoms with van der Waals surface area (Å²) in [5.41, 5.74) is -5.45. The predicted molar refractivity (Wildman–Crippen MR) is 102 cm³/mol. The van der Waals surface area contributed by atoms with Crippen molar-refractivity contribution in [2.75, 3.05) is 31.8 Å². The Labute approximate surface area is 163 Å². The van der Waals surface area contributed by atoms with E-state index in [1.807, 2.05) is 0 Å². The minimum atomic E-state index is -5.69. The Morgan fingerprint density at radius 3 is 2.25 bits per heavy atom. The Balaban J connectivity index is 2.09. The molecule has 1 heterocycles. The van der Waals surface area contributed by atoms with Gasteiger partial charge in [0, 0.05) is 28.9 Å². The van der Waals surface area contributed by atoms with Crippen LogP contribution in [0, 0.1) is 0 Å². The van der Waals surface area contributed by atoms with E-state index in [0.29, 0.717) is 47.5 Å². The second-order valence-electron chi connectivity index (χ2n) is 6.34. The summed E-state index contributed by atoms with van der Waals surface area (Å²) in [5, 5.41) is 1.34. The van der Waals surface area contributed by atoms with Crippen molar-refractivity contribution in [1.82, 2.24) is 0 Å². The molecule has 0 aliphatic carbocycles. The molecule has 28 heavy (non-hydrogen) atoms. The van der Waals surface area contributed by atoms with Crippen molar-refractivity contribution in [1.29, 1.82) is 0 Å². The summed E-state index contributed by atoms with van der Waals surface area (Å²) in [6.07, 6.45) is 1.23. The molecule has 10 heteroatoms. The first-order valence-electron chi connectivity index (χ1n) is 8.65. The molecule has 0 radical (unpaired) electrons. The van der Waals surface area contributed by atoms with Crippen molar-refractivity contribution in [2.45, 2.75) is 23.2 Å². The van der Waals surface area contributed by atoms with E-state index in [1.165, 1.54) is 0 Å². The van der Waals surface area contributed by atoms with Gasteiger partial charge >= 0.3 is 15.6 Å². The summed E-state index contributed by atoms with van der Waals surface area (Å²) >= 11 is 0. The fourth-order valence-electron chi connectivity index (χ4n) is 3.24. The SMILES string of the molecule is COCCOc1ccc(S2(OS(=O)(=O)C(F)(F)F)CCCC2)c2ccccc12. The molecule has 1 saturated heterocycles. The van der Waals surface area contributed by atoms with Gasteiger partial charge in [-0.1, -0.05) is 34.6 Å². The van der Waals surface area contributed by atoms with Crippen LogP contribution in [0.25, 0.3) is 10.8 Å². The van der Waals surface area contributed by atoms with E-state index in [2.05, 4.69) is 0 Å². The maximum Gasteiger partial charge on any atom is 0.523 e. The number of alkyl halides is 3. The monoisotopic (exact) mass is 438 g/mol. The second-order valence-corrected chi connectivity index (χ2v) is 11.1. The average molecular weight is 438 g/mol. The van der Waals surface area contributed by atoms with Crippen LogP contribution < -0.4 is 4.74 Å². The third-order valence-electron chi connectivity index (χ3n) is 4.49. The minimum absolute atomic E-state index is 0.274. The van der Waals surface area contributed by atoms with E-state index >= 15 is 0 Å². The van der Waals surface area contributed by atoms with Crippen LogP contribution in [0.3, 0.4) is 0 Å². The normalized spacial score (nSPS) is 18.3. The molecule has 1 aliphatic rings. The highest BCUT2D eigenvalue weighted by Gasteiger charge is 2.52. The predicted octanol–water partition coefficient (Wildman–Crippen LogP) is 4.60. The highest BCUT2D eigenvalue weighted by molar-refractivity contribution is 8.33. The maximum absolute atomic E-state index is 13.0. The summed E-state index contributed by atoms with van der Waals surface area (Å²) in [4.78, 5) is 0.507. The molecule has 0 spiro atoms. The molecule has 2 aromatic carbocycles. The Hall–Kier alpha value is -1.49. The summed E-state index contributed by atoms with van der Waals surface area (Å²) < 4.78 is 78.2. The number of methoxy groups -OCH3 is 1. The molecule has 156 valence electrons. The molecule has 5 nitrogen and oxygen atoms in total. The van der Waals surface area contributed by atoms with Gasteiger partial charge in [0.25, 0.3) is 0 Å². The van der Waals surface area contributed by atoms with Crippen LogP contribution in [0.1, 0.15) is 12.8 Å². The lowest BCUT2D eigenvalue weighted by atomic mass is 10.1. The molecule has 0 atom stereocenters. The second kappa shape index (κ2) is 8.10. The quantitative estimate of drug-likeness (QED) is 0.467. The van der Waals surface area contributed by atoms with Gasteiger partial charge in [-0.15, -0.1) is 0 Å². The van der Waals surface area contributed by atoms with Crippen molar-refractivity contribution >= 4 is 31.2 Å². The molecular formula is C18H21F3O5S2. The molecule has 0 unspecified atom stereocenters. The lowest BCUT2D eigenvalue weighted by molar-refractivity contribution is -0.0496. The Morgan fingerprint density at radius 1 is 1.00 bits per heavy atom. The number of hydrogen-bond donors (Lipinski definition) is 0. The van der Waals surface area contributed by atoms with Crippen molar-refractivity contribution in [3.8, 4) is 5.75 Å². The van der Waals surface area contributed by atoms with Crippen LogP contribution in [-0.4, -0.2) is 45.8 Å². The zero-order chi connectivity index (χ0) is 20.4. The van der Waals surface area contributed by atoms with Gasteiger partial charge in [-0.2, -0.15) is 21.6 Å². The number of fused-ring (bicyclic) bond motifs is 1. The molecule has 0 amide bonds. The zero-order valence-corrected chi connectivity index (χ0v) is 16.8. The van der Waals surface area contributed by atoms with E-state index in [1.54, 1.807) is 43.5 Å². The number of benzene rings is 2. The fourth-order valence-corrected chi connectivity index (χ4v) is 8.63. The van der Waals surface area contributed by atoms with Crippen LogP contribution in [0.4, 0.5) is 13.2 Å². The first-order valence-corrected chi connectivity index (χ1v) is 12.0. The van der Waals surface area contributed by atoms with Gasteiger partial charge in [-0.3, -0.25) is 0 Å². The third-order valence-corrected chi connectivity index (χ3v) is 9.87. The molecule has 2 aromatic rings. The maximum atomic E-state index is 13.0. The number of rotatable bonds is 7. The Bertz CT molecular complexity index is 938. The summed E-state index contributed by atoms with van der Waals surface area (Å²) in [6, 6.07) is 10.4. The van der Waals surface area contributed by atoms with Crippen molar-refractivity contribution in [3.05, 3.63) is 36.4 Å².